The molecule has 0 N–H and O–H groups in total. The molecule has 4 nitrogen and oxygen atoms in total. The fourth-order valence-electron chi connectivity index (χ4n) is 4.04. The highest BCUT2D eigenvalue weighted by atomic mass is 16.6. The van der Waals surface area contributed by atoms with Gasteiger partial charge in [0.25, 0.3) is 11.8 Å². The second kappa shape index (κ2) is 6.73. The Labute approximate surface area is 163 Å². The molecule has 0 bridgehead atoms. The van der Waals surface area contributed by atoms with Crippen LogP contribution in [0.25, 0.3) is 0 Å². The van der Waals surface area contributed by atoms with E-state index in [2.05, 4.69) is 12.1 Å². The van der Waals surface area contributed by atoms with Gasteiger partial charge in [0, 0.05) is 12.5 Å². The van der Waals surface area contributed by atoms with E-state index < -0.39 is 0 Å². The van der Waals surface area contributed by atoms with Crippen LogP contribution in [-0.2, 0) is 4.74 Å². The number of amides is 2. The molecule has 3 aromatic carbocycles. The molecule has 2 aliphatic rings. The Morgan fingerprint density at radius 3 is 1.89 bits per heavy atom. The first-order valence-electron chi connectivity index (χ1n) is 9.44. The van der Waals surface area contributed by atoms with E-state index in [-0.39, 0.29) is 29.9 Å². The smallest absolute Gasteiger partial charge is 0.261 e. The third-order valence-corrected chi connectivity index (χ3v) is 5.54. The second-order valence-corrected chi connectivity index (χ2v) is 7.22. The maximum absolute atomic E-state index is 12.8. The Balaban J connectivity index is 1.44. The summed E-state index contributed by atoms with van der Waals surface area (Å²) in [6.07, 6.45) is -0.0734. The van der Waals surface area contributed by atoms with Crippen LogP contribution in [0, 0.1) is 0 Å². The van der Waals surface area contributed by atoms with Crippen LogP contribution in [0.1, 0.15) is 43.9 Å². The average molecular weight is 369 g/mol. The van der Waals surface area contributed by atoms with Crippen LogP contribution in [0.15, 0.2) is 84.9 Å². The van der Waals surface area contributed by atoms with Gasteiger partial charge in [-0.1, -0.05) is 72.8 Å². The molecule has 0 spiro atoms. The summed E-state index contributed by atoms with van der Waals surface area (Å²) < 4.78 is 6.03. The normalized spacial score (nSPS) is 21.5. The van der Waals surface area contributed by atoms with Crippen LogP contribution >= 0.6 is 0 Å². The Bertz CT molecular complexity index is 997. The molecule has 3 atom stereocenters. The summed E-state index contributed by atoms with van der Waals surface area (Å²) in [5.41, 5.74) is 3.16. The number of hydrogen-bond donors (Lipinski definition) is 0. The van der Waals surface area contributed by atoms with Gasteiger partial charge in [-0.25, -0.2) is 0 Å². The van der Waals surface area contributed by atoms with Crippen molar-refractivity contribution in [1.82, 2.24) is 4.90 Å². The molecule has 0 radical (unpaired) electrons. The molecule has 4 heteroatoms. The number of carbonyl (C=O) groups excluding carboxylic acids is 2. The van der Waals surface area contributed by atoms with Crippen LogP contribution in [0.4, 0.5) is 0 Å². The quantitative estimate of drug-likeness (QED) is 0.500. The molecule has 2 aliphatic heterocycles. The Morgan fingerprint density at radius 2 is 1.29 bits per heavy atom. The summed E-state index contributed by atoms with van der Waals surface area (Å²) in [5.74, 6) is -0.523. The van der Waals surface area contributed by atoms with Gasteiger partial charge < -0.3 is 4.74 Å². The molecule has 1 fully saturated rings. The van der Waals surface area contributed by atoms with Crippen molar-refractivity contribution >= 4 is 11.8 Å². The maximum atomic E-state index is 12.8. The Hall–Kier alpha value is -3.24. The van der Waals surface area contributed by atoms with Crippen LogP contribution in [0.5, 0.6) is 0 Å². The van der Waals surface area contributed by atoms with Gasteiger partial charge in [0.05, 0.1) is 17.2 Å². The molecule has 2 amide bonds. The van der Waals surface area contributed by atoms with Crippen molar-refractivity contribution in [1.29, 1.82) is 0 Å². The number of nitrogens with zero attached hydrogens (tertiary/aromatic N) is 1. The van der Waals surface area contributed by atoms with E-state index >= 15 is 0 Å². The van der Waals surface area contributed by atoms with Gasteiger partial charge in [0.1, 0.15) is 6.10 Å². The van der Waals surface area contributed by atoms with Crippen LogP contribution < -0.4 is 0 Å². The van der Waals surface area contributed by atoms with Crippen molar-refractivity contribution < 1.29 is 14.3 Å². The summed E-state index contributed by atoms with van der Waals surface area (Å²) in [4.78, 5) is 27.0. The zero-order valence-corrected chi connectivity index (χ0v) is 15.2. The molecular formula is C24H19NO3. The molecule has 0 aliphatic carbocycles. The SMILES string of the molecule is O=C1c2ccccc2C(=O)N1CC(c1ccccc1)C1OC1c1ccccc1. The second-order valence-electron chi connectivity index (χ2n) is 7.22. The standard InChI is InChI=1S/C24H19NO3/c26-23-18-13-7-8-14-19(18)24(27)25(23)15-20(16-9-3-1-4-10-16)22-21(28-22)17-11-5-2-6-12-17/h1-14,20-22H,15H2. The van der Waals surface area contributed by atoms with E-state index in [1.54, 1.807) is 24.3 Å². The van der Waals surface area contributed by atoms with Gasteiger partial charge in [0.2, 0.25) is 0 Å². The number of hydrogen-bond acceptors (Lipinski definition) is 3. The summed E-state index contributed by atoms with van der Waals surface area (Å²) in [7, 11) is 0. The maximum Gasteiger partial charge on any atom is 0.261 e. The van der Waals surface area contributed by atoms with E-state index in [4.69, 9.17) is 4.74 Å². The summed E-state index contributed by atoms with van der Waals surface area (Å²) in [6, 6.07) is 27.1. The minimum Gasteiger partial charge on any atom is -0.364 e. The molecule has 3 unspecified atom stereocenters. The van der Waals surface area contributed by atoms with Gasteiger partial charge in [-0.3, -0.25) is 14.5 Å². The largest absolute Gasteiger partial charge is 0.364 e. The number of benzene rings is 3. The zero-order valence-electron chi connectivity index (χ0n) is 15.2. The molecule has 2 heterocycles. The third-order valence-electron chi connectivity index (χ3n) is 5.54. The average Bonchev–Trinajstić information content (AvgIpc) is 3.51. The lowest BCUT2D eigenvalue weighted by Crippen LogP contribution is -2.35. The third kappa shape index (κ3) is 2.83. The highest BCUT2D eigenvalue weighted by Gasteiger charge is 2.48. The highest BCUT2D eigenvalue weighted by Crippen LogP contribution is 2.47. The predicted molar refractivity (Wildman–Crippen MR) is 105 cm³/mol. The first-order valence-corrected chi connectivity index (χ1v) is 9.44. The summed E-state index contributed by atoms with van der Waals surface area (Å²) in [5, 5.41) is 0. The molecule has 1 saturated heterocycles. The predicted octanol–water partition coefficient (Wildman–Crippen LogP) is 4.21. The van der Waals surface area contributed by atoms with E-state index in [1.807, 2.05) is 48.5 Å². The molecule has 138 valence electrons. The van der Waals surface area contributed by atoms with Gasteiger partial charge in [-0.15, -0.1) is 0 Å². The van der Waals surface area contributed by atoms with Gasteiger partial charge in [-0.2, -0.15) is 0 Å². The molecule has 3 aromatic rings. The van der Waals surface area contributed by atoms with Crippen molar-refractivity contribution in [3.05, 3.63) is 107 Å². The Morgan fingerprint density at radius 1 is 0.750 bits per heavy atom. The van der Waals surface area contributed by atoms with Crippen molar-refractivity contribution in [2.45, 2.75) is 18.1 Å². The number of carbonyl (C=O) groups is 2. The van der Waals surface area contributed by atoms with E-state index in [0.29, 0.717) is 17.7 Å². The monoisotopic (exact) mass is 369 g/mol. The lowest BCUT2D eigenvalue weighted by molar-refractivity contribution is 0.0639. The number of imide groups is 1. The minimum atomic E-state index is -0.224. The number of ether oxygens (including phenoxy) is 1. The van der Waals surface area contributed by atoms with E-state index in [0.717, 1.165) is 11.1 Å². The van der Waals surface area contributed by atoms with Gasteiger partial charge in [-0.05, 0) is 23.3 Å². The molecule has 5 rings (SSSR count). The molecule has 0 saturated carbocycles. The van der Waals surface area contributed by atoms with Crippen molar-refractivity contribution in [2.75, 3.05) is 6.54 Å². The topological polar surface area (TPSA) is 49.9 Å². The van der Waals surface area contributed by atoms with Crippen molar-refractivity contribution in [3.63, 3.8) is 0 Å². The van der Waals surface area contributed by atoms with Gasteiger partial charge in [0.15, 0.2) is 0 Å². The number of fused-ring (bicyclic) bond motifs is 1. The van der Waals surface area contributed by atoms with E-state index in [9.17, 15) is 9.59 Å². The van der Waals surface area contributed by atoms with Crippen LogP contribution in [-0.4, -0.2) is 29.4 Å². The number of epoxide rings is 1. The van der Waals surface area contributed by atoms with Crippen molar-refractivity contribution in [2.24, 2.45) is 0 Å². The first-order chi connectivity index (χ1) is 13.7. The zero-order chi connectivity index (χ0) is 19.1. The number of rotatable bonds is 5. The fourth-order valence-corrected chi connectivity index (χ4v) is 4.04. The first kappa shape index (κ1) is 16.9. The molecular weight excluding hydrogens is 350 g/mol. The lowest BCUT2D eigenvalue weighted by atomic mass is 9.91. The van der Waals surface area contributed by atoms with E-state index in [1.165, 1.54) is 4.90 Å². The van der Waals surface area contributed by atoms with Crippen molar-refractivity contribution in [3.8, 4) is 0 Å². The fraction of sp³-hybridized carbons (Fsp3) is 0.167. The van der Waals surface area contributed by atoms with Gasteiger partial charge >= 0.3 is 0 Å². The lowest BCUT2D eigenvalue weighted by Gasteiger charge is -2.22. The Kier molecular flexibility index (Phi) is 4.06. The summed E-state index contributed by atoms with van der Waals surface area (Å²) >= 11 is 0. The van der Waals surface area contributed by atoms with Crippen LogP contribution in [0.2, 0.25) is 0 Å². The molecule has 0 aromatic heterocycles. The minimum absolute atomic E-state index is 0.0124. The molecule has 28 heavy (non-hydrogen) atoms. The summed E-state index contributed by atoms with van der Waals surface area (Å²) in [6.45, 7) is 0.310. The van der Waals surface area contributed by atoms with Crippen LogP contribution in [0.3, 0.4) is 0 Å². The highest BCUT2D eigenvalue weighted by molar-refractivity contribution is 6.21.